The maximum atomic E-state index is 12.1. The first-order valence-electron chi connectivity index (χ1n) is 7.39. The number of benzene rings is 1. The topological polar surface area (TPSA) is 83.0 Å². The first-order valence-corrected chi connectivity index (χ1v) is 7.77. The molecule has 1 aromatic rings. The number of nitrogens with zero attached hydrogens (tertiary/aromatic N) is 2. The molecule has 1 unspecified atom stereocenters. The van der Waals surface area contributed by atoms with Gasteiger partial charge >= 0.3 is 0 Å². The molecule has 2 aliphatic heterocycles. The first-order chi connectivity index (χ1) is 11.1. The van der Waals surface area contributed by atoms with Gasteiger partial charge in [0.25, 0.3) is 5.91 Å². The molecule has 7 nitrogen and oxygen atoms in total. The SMILES string of the molecule is O=C(CC1N=C(N2CCOCC2)NC1=O)Nc1ccccc1Cl. The number of hydrogen-bond acceptors (Lipinski definition) is 5. The average Bonchev–Trinajstić information content (AvgIpc) is 2.91. The summed E-state index contributed by atoms with van der Waals surface area (Å²) in [7, 11) is 0. The van der Waals surface area contributed by atoms with E-state index in [9.17, 15) is 9.59 Å². The number of anilines is 1. The number of carbonyl (C=O) groups is 2. The van der Waals surface area contributed by atoms with Crippen LogP contribution in [0.3, 0.4) is 0 Å². The number of nitrogens with one attached hydrogen (secondary N) is 2. The lowest BCUT2D eigenvalue weighted by Crippen LogP contribution is -2.46. The fourth-order valence-corrected chi connectivity index (χ4v) is 2.63. The second-order valence-corrected chi connectivity index (χ2v) is 5.70. The zero-order valence-electron chi connectivity index (χ0n) is 12.4. The Hall–Kier alpha value is -2.12. The van der Waals surface area contributed by atoms with Gasteiger partial charge in [0.2, 0.25) is 11.9 Å². The van der Waals surface area contributed by atoms with Gasteiger partial charge in [0.15, 0.2) is 0 Å². The molecule has 23 heavy (non-hydrogen) atoms. The van der Waals surface area contributed by atoms with Gasteiger partial charge in [0.1, 0.15) is 6.04 Å². The van der Waals surface area contributed by atoms with E-state index in [1.54, 1.807) is 24.3 Å². The molecule has 122 valence electrons. The van der Waals surface area contributed by atoms with Crippen LogP contribution in [0.5, 0.6) is 0 Å². The number of halogens is 1. The van der Waals surface area contributed by atoms with Gasteiger partial charge in [-0.25, -0.2) is 4.99 Å². The minimum Gasteiger partial charge on any atom is -0.378 e. The first kappa shape index (κ1) is 15.8. The summed E-state index contributed by atoms with van der Waals surface area (Å²) in [5.74, 6) is -0.0418. The van der Waals surface area contributed by atoms with Crippen molar-refractivity contribution in [3.8, 4) is 0 Å². The van der Waals surface area contributed by atoms with Gasteiger partial charge < -0.3 is 15.0 Å². The zero-order valence-corrected chi connectivity index (χ0v) is 13.2. The summed E-state index contributed by atoms with van der Waals surface area (Å²) in [5.41, 5.74) is 0.523. The molecule has 0 aromatic heterocycles. The van der Waals surface area contributed by atoms with E-state index in [0.717, 1.165) is 0 Å². The molecule has 1 aromatic carbocycles. The lowest BCUT2D eigenvalue weighted by atomic mass is 10.2. The Morgan fingerprint density at radius 3 is 2.87 bits per heavy atom. The van der Waals surface area contributed by atoms with Crippen LogP contribution in [-0.4, -0.2) is 55.0 Å². The van der Waals surface area contributed by atoms with Crippen LogP contribution in [0, 0.1) is 0 Å². The Labute approximate surface area is 138 Å². The summed E-state index contributed by atoms with van der Waals surface area (Å²) >= 11 is 6.00. The fraction of sp³-hybridized carbons (Fsp3) is 0.400. The van der Waals surface area contributed by atoms with Gasteiger partial charge in [-0.05, 0) is 12.1 Å². The predicted molar refractivity (Wildman–Crippen MR) is 86.5 cm³/mol. The Morgan fingerprint density at radius 1 is 1.39 bits per heavy atom. The highest BCUT2D eigenvalue weighted by atomic mass is 35.5. The Kier molecular flexibility index (Phi) is 4.78. The standard InChI is InChI=1S/C15H17ClN4O3/c16-10-3-1-2-4-11(10)17-13(21)9-12-14(22)19-15(18-12)20-5-7-23-8-6-20/h1-4,12H,5-9H2,(H,17,21)(H,18,19,22). The summed E-state index contributed by atoms with van der Waals surface area (Å²) in [6.45, 7) is 2.56. The summed E-state index contributed by atoms with van der Waals surface area (Å²) < 4.78 is 5.27. The van der Waals surface area contributed by atoms with E-state index < -0.39 is 6.04 Å². The van der Waals surface area contributed by atoms with Gasteiger partial charge in [-0.1, -0.05) is 23.7 Å². The van der Waals surface area contributed by atoms with Crippen LogP contribution in [0.2, 0.25) is 5.02 Å². The van der Waals surface area contributed by atoms with Gasteiger partial charge in [-0.15, -0.1) is 0 Å². The van der Waals surface area contributed by atoms with Crippen molar-refractivity contribution in [1.29, 1.82) is 0 Å². The van der Waals surface area contributed by atoms with Crippen molar-refractivity contribution < 1.29 is 14.3 Å². The second-order valence-electron chi connectivity index (χ2n) is 5.29. The van der Waals surface area contributed by atoms with Crippen LogP contribution in [-0.2, 0) is 14.3 Å². The quantitative estimate of drug-likeness (QED) is 0.857. The van der Waals surface area contributed by atoms with E-state index >= 15 is 0 Å². The lowest BCUT2D eigenvalue weighted by molar-refractivity contribution is -0.124. The van der Waals surface area contributed by atoms with Crippen molar-refractivity contribution >= 4 is 35.1 Å². The van der Waals surface area contributed by atoms with E-state index in [4.69, 9.17) is 16.3 Å². The van der Waals surface area contributed by atoms with Crippen LogP contribution in [0.4, 0.5) is 5.69 Å². The molecule has 0 bridgehead atoms. The summed E-state index contributed by atoms with van der Waals surface area (Å²) in [4.78, 5) is 30.4. The van der Waals surface area contributed by atoms with Crippen molar-refractivity contribution in [3.05, 3.63) is 29.3 Å². The van der Waals surface area contributed by atoms with Crippen LogP contribution in [0.15, 0.2) is 29.3 Å². The fourth-order valence-electron chi connectivity index (χ4n) is 2.45. The largest absolute Gasteiger partial charge is 0.378 e. The molecule has 1 atom stereocenters. The van der Waals surface area contributed by atoms with Crippen molar-refractivity contribution in [2.75, 3.05) is 31.6 Å². The molecule has 0 aliphatic carbocycles. The van der Waals surface area contributed by atoms with E-state index in [1.807, 2.05) is 4.90 Å². The highest BCUT2D eigenvalue weighted by Gasteiger charge is 2.31. The van der Waals surface area contributed by atoms with Crippen molar-refractivity contribution in [2.45, 2.75) is 12.5 Å². The predicted octanol–water partition coefficient (Wildman–Crippen LogP) is 0.855. The number of rotatable bonds is 3. The number of amides is 2. The Morgan fingerprint density at radius 2 is 2.13 bits per heavy atom. The molecule has 1 saturated heterocycles. The molecule has 2 amide bonds. The molecule has 2 N–H and O–H groups in total. The van der Waals surface area contributed by atoms with Crippen LogP contribution in [0.1, 0.15) is 6.42 Å². The maximum absolute atomic E-state index is 12.1. The van der Waals surface area contributed by atoms with Crippen molar-refractivity contribution in [3.63, 3.8) is 0 Å². The molecule has 0 saturated carbocycles. The third-order valence-electron chi connectivity index (χ3n) is 3.65. The third-order valence-corrected chi connectivity index (χ3v) is 3.98. The van der Waals surface area contributed by atoms with Gasteiger partial charge in [-0.3, -0.25) is 14.9 Å². The van der Waals surface area contributed by atoms with E-state index in [2.05, 4.69) is 15.6 Å². The second kappa shape index (κ2) is 6.97. The van der Waals surface area contributed by atoms with Crippen LogP contribution in [0.25, 0.3) is 0 Å². The molecule has 0 spiro atoms. The Bertz CT molecular complexity index is 643. The third kappa shape index (κ3) is 3.80. The number of aliphatic imine (C=N–C) groups is 1. The number of hydrogen-bond donors (Lipinski definition) is 2. The van der Waals surface area contributed by atoms with Gasteiger partial charge in [0, 0.05) is 13.1 Å². The summed E-state index contributed by atoms with van der Waals surface area (Å²) in [6, 6.07) is 6.24. The van der Waals surface area contributed by atoms with E-state index in [-0.39, 0.29) is 18.2 Å². The maximum Gasteiger partial charge on any atom is 0.252 e. The molecule has 1 fully saturated rings. The lowest BCUT2D eigenvalue weighted by Gasteiger charge is -2.27. The van der Waals surface area contributed by atoms with Crippen molar-refractivity contribution in [1.82, 2.24) is 10.2 Å². The molecular formula is C15H17ClN4O3. The minimum absolute atomic E-state index is 0.0229. The smallest absolute Gasteiger partial charge is 0.252 e. The van der Waals surface area contributed by atoms with Gasteiger partial charge in [-0.2, -0.15) is 0 Å². The molecule has 2 aliphatic rings. The normalized spacial score (nSPS) is 20.9. The van der Waals surface area contributed by atoms with E-state index in [1.165, 1.54) is 0 Å². The van der Waals surface area contributed by atoms with Crippen molar-refractivity contribution in [2.24, 2.45) is 4.99 Å². The Balaban J connectivity index is 1.60. The van der Waals surface area contributed by atoms with Crippen LogP contribution < -0.4 is 10.6 Å². The number of para-hydroxylation sites is 1. The van der Waals surface area contributed by atoms with E-state index in [0.29, 0.717) is 43.0 Å². The minimum atomic E-state index is -0.713. The highest BCUT2D eigenvalue weighted by molar-refractivity contribution is 6.33. The molecule has 0 radical (unpaired) electrons. The summed E-state index contributed by atoms with van der Waals surface area (Å²) in [6.07, 6.45) is -0.0229. The highest BCUT2D eigenvalue weighted by Crippen LogP contribution is 2.21. The summed E-state index contributed by atoms with van der Waals surface area (Å²) in [5, 5.41) is 5.88. The number of morpholine rings is 1. The number of guanidine groups is 1. The monoisotopic (exact) mass is 336 g/mol. The number of ether oxygens (including phenoxy) is 1. The van der Waals surface area contributed by atoms with Gasteiger partial charge in [0.05, 0.1) is 30.3 Å². The zero-order chi connectivity index (χ0) is 16.2. The molecular weight excluding hydrogens is 320 g/mol. The molecule has 8 heteroatoms. The molecule has 2 heterocycles. The molecule has 3 rings (SSSR count). The average molecular weight is 337 g/mol. The number of carbonyl (C=O) groups excluding carboxylic acids is 2. The van der Waals surface area contributed by atoms with Crippen LogP contribution >= 0.6 is 11.6 Å².